The second-order valence-corrected chi connectivity index (χ2v) is 14.4. The van der Waals surface area contributed by atoms with Crippen molar-refractivity contribution >= 4 is 93.5 Å². The fourth-order valence-electron chi connectivity index (χ4n) is 6.42. The van der Waals surface area contributed by atoms with E-state index in [2.05, 4.69) is 0 Å². The summed E-state index contributed by atoms with van der Waals surface area (Å²) < 4.78 is 22.2. The lowest BCUT2D eigenvalue weighted by molar-refractivity contribution is -0.156. The number of carbonyl (C=O) groups excluding carboxylic acids is 4. The highest BCUT2D eigenvalue weighted by molar-refractivity contribution is 6.47. The SMILES string of the molecule is CCC(OC(=O)c1c(Cl)c(Cl)cc(Cl)c1OC(=O)C(=O)Oc1c(Cl)cc(Cl)c(Cl)c1C(=O)OC(CC)C1CCCCC1)C1CCCCC1. The maximum absolute atomic E-state index is 13.5. The molecule has 0 amide bonds. The molecule has 2 saturated carbocycles. The zero-order valence-corrected chi connectivity index (χ0v) is 31.0. The normalized spacial score (nSPS) is 16.9. The van der Waals surface area contributed by atoms with Crippen molar-refractivity contribution in [1.82, 2.24) is 0 Å². The first-order valence-corrected chi connectivity index (χ1v) is 18.3. The van der Waals surface area contributed by atoms with Gasteiger partial charge in [0.25, 0.3) is 0 Å². The highest BCUT2D eigenvalue weighted by atomic mass is 35.5. The standard InChI is InChI=1S/C34H36Cl6O8/c1-3-23(17-11-7-5-8-12-17)45-31(41)25-27(39)19(35)15-21(37)29(25)47-33(43)34(44)48-30-22(38)16-20(36)28(40)26(30)32(42)46-24(4-2)18-13-9-6-10-14-18/h15-18,23-24H,3-14H2,1-2H3. The van der Waals surface area contributed by atoms with Gasteiger partial charge in [-0.05, 0) is 62.5 Å². The second-order valence-electron chi connectivity index (χ2n) is 12.0. The van der Waals surface area contributed by atoms with Crippen LogP contribution in [-0.2, 0) is 19.1 Å². The predicted octanol–water partition coefficient (Wildman–Crippen LogP) is 11.1. The number of carbonyl (C=O) groups is 4. The van der Waals surface area contributed by atoms with Gasteiger partial charge in [-0.3, -0.25) is 0 Å². The molecule has 8 nitrogen and oxygen atoms in total. The van der Waals surface area contributed by atoms with Crippen molar-refractivity contribution in [3.8, 4) is 11.5 Å². The van der Waals surface area contributed by atoms with Crippen LogP contribution in [-0.4, -0.2) is 36.1 Å². The summed E-state index contributed by atoms with van der Waals surface area (Å²) in [5, 5.41) is -1.39. The highest BCUT2D eigenvalue weighted by Crippen LogP contribution is 2.43. The number of esters is 4. The van der Waals surface area contributed by atoms with E-state index in [-0.39, 0.29) is 42.0 Å². The average Bonchev–Trinajstić information content (AvgIpc) is 3.07. The summed E-state index contributed by atoms with van der Waals surface area (Å²) in [4.78, 5) is 53.2. The van der Waals surface area contributed by atoms with Crippen LogP contribution in [0.4, 0.5) is 0 Å². The summed E-state index contributed by atoms with van der Waals surface area (Å²) in [6, 6.07) is 2.30. The van der Waals surface area contributed by atoms with Crippen molar-refractivity contribution in [3.63, 3.8) is 0 Å². The molecule has 0 aromatic heterocycles. The molecule has 0 bridgehead atoms. The number of hydrogen-bond acceptors (Lipinski definition) is 8. The molecule has 0 saturated heterocycles. The maximum Gasteiger partial charge on any atom is 0.423 e. The molecule has 0 spiro atoms. The fraction of sp³-hybridized carbons (Fsp3) is 0.529. The first kappa shape index (κ1) is 38.9. The van der Waals surface area contributed by atoms with E-state index in [0.29, 0.717) is 12.8 Å². The molecule has 0 radical (unpaired) electrons. The van der Waals surface area contributed by atoms with E-state index >= 15 is 0 Å². The molecule has 2 aliphatic rings. The summed E-state index contributed by atoms with van der Waals surface area (Å²) in [6.45, 7) is 3.79. The molecule has 48 heavy (non-hydrogen) atoms. The molecule has 2 aromatic carbocycles. The van der Waals surface area contributed by atoms with E-state index in [4.69, 9.17) is 88.6 Å². The second kappa shape index (κ2) is 17.8. The topological polar surface area (TPSA) is 105 Å². The molecule has 2 aliphatic carbocycles. The zero-order chi connectivity index (χ0) is 35.1. The van der Waals surface area contributed by atoms with Crippen molar-refractivity contribution in [2.45, 2.75) is 103 Å². The molecule has 2 fully saturated rings. The van der Waals surface area contributed by atoms with Crippen LogP contribution in [0, 0.1) is 11.8 Å². The van der Waals surface area contributed by atoms with Gasteiger partial charge in [-0.25, -0.2) is 19.2 Å². The number of hydrogen-bond donors (Lipinski definition) is 0. The smallest absolute Gasteiger partial charge is 0.423 e. The summed E-state index contributed by atoms with van der Waals surface area (Å²) in [5.74, 6) is -5.94. The Balaban J connectivity index is 1.58. The van der Waals surface area contributed by atoms with Crippen LogP contribution < -0.4 is 9.47 Å². The van der Waals surface area contributed by atoms with Crippen molar-refractivity contribution in [2.24, 2.45) is 11.8 Å². The van der Waals surface area contributed by atoms with E-state index < -0.39 is 58.7 Å². The zero-order valence-electron chi connectivity index (χ0n) is 26.5. The third-order valence-corrected chi connectivity index (χ3v) is 11.0. The minimum absolute atomic E-state index is 0.106. The van der Waals surface area contributed by atoms with Gasteiger partial charge < -0.3 is 18.9 Å². The van der Waals surface area contributed by atoms with Crippen LogP contribution in [0.3, 0.4) is 0 Å². The maximum atomic E-state index is 13.5. The predicted molar refractivity (Wildman–Crippen MR) is 186 cm³/mol. The Morgan fingerprint density at radius 1 is 0.583 bits per heavy atom. The summed E-state index contributed by atoms with van der Waals surface area (Å²) >= 11 is 37.9. The van der Waals surface area contributed by atoms with Crippen molar-refractivity contribution < 1.29 is 38.1 Å². The monoisotopic (exact) mass is 782 g/mol. The number of rotatable bonds is 10. The van der Waals surface area contributed by atoms with Gasteiger partial charge in [0.2, 0.25) is 0 Å². The Hall–Kier alpha value is -1.94. The van der Waals surface area contributed by atoms with Crippen LogP contribution in [0.2, 0.25) is 30.1 Å². The molecule has 14 heteroatoms. The van der Waals surface area contributed by atoms with E-state index in [1.54, 1.807) is 0 Å². The van der Waals surface area contributed by atoms with Gasteiger partial charge in [-0.2, -0.15) is 0 Å². The molecule has 2 atom stereocenters. The molecular formula is C34H36Cl6O8. The Bertz CT molecular complexity index is 1420. The van der Waals surface area contributed by atoms with Gasteiger partial charge in [-0.1, -0.05) is 122 Å². The van der Waals surface area contributed by atoms with E-state index in [0.717, 1.165) is 76.3 Å². The van der Waals surface area contributed by atoms with Gasteiger partial charge >= 0.3 is 23.9 Å². The van der Waals surface area contributed by atoms with Crippen LogP contribution in [0.15, 0.2) is 12.1 Å². The Kier molecular flexibility index (Phi) is 14.4. The fourth-order valence-corrected chi connectivity index (χ4v) is 7.86. The Labute approximate surface area is 309 Å². The molecule has 0 N–H and O–H groups in total. The molecule has 2 aromatic rings. The first-order valence-electron chi connectivity index (χ1n) is 16.1. The Morgan fingerprint density at radius 3 is 1.23 bits per heavy atom. The number of ether oxygens (including phenoxy) is 4. The lowest BCUT2D eigenvalue weighted by Crippen LogP contribution is -2.30. The summed E-state index contributed by atoms with van der Waals surface area (Å²) in [7, 11) is 0. The largest absolute Gasteiger partial charge is 0.458 e. The molecule has 262 valence electrons. The van der Waals surface area contributed by atoms with E-state index in [9.17, 15) is 19.2 Å². The van der Waals surface area contributed by atoms with Crippen LogP contribution in [0.5, 0.6) is 11.5 Å². The highest BCUT2D eigenvalue weighted by Gasteiger charge is 2.35. The third-order valence-electron chi connectivity index (χ3n) is 8.89. The van der Waals surface area contributed by atoms with E-state index in [1.807, 2.05) is 13.8 Å². The summed E-state index contributed by atoms with van der Waals surface area (Å²) in [6.07, 6.45) is 10.1. The lowest BCUT2D eigenvalue weighted by atomic mass is 9.84. The molecule has 0 heterocycles. The van der Waals surface area contributed by atoms with Crippen LogP contribution >= 0.6 is 69.6 Å². The number of benzene rings is 2. The van der Waals surface area contributed by atoms with Crippen molar-refractivity contribution in [2.75, 3.05) is 0 Å². The van der Waals surface area contributed by atoms with Crippen molar-refractivity contribution in [1.29, 1.82) is 0 Å². The number of halogens is 6. The van der Waals surface area contributed by atoms with Crippen molar-refractivity contribution in [3.05, 3.63) is 53.4 Å². The average molecular weight is 785 g/mol. The lowest BCUT2D eigenvalue weighted by Gasteiger charge is -2.29. The van der Waals surface area contributed by atoms with E-state index in [1.165, 1.54) is 0 Å². The Morgan fingerprint density at radius 2 is 0.917 bits per heavy atom. The molecule has 0 aliphatic heterocycles. The van der Waals surface area contributed by atoms with Gasteiger partial charge in [-0.15, -0.1) is 0 Å². The molecular weight excluding hydrogens is 749 g/mol. The van der Waals surface area contributed by atoms with Gasteiger partial charge in [0, 0.05) is 0 Å². The van der Waals surface area contributed by atoms with Gasteiger partial charge in [0.05, 0.1) is 30.1 Å². The quantitative estimate of drug-likeness (QED) is 0.101. The van der Waals surface area contributed by atoms with Crippen LogP contribution in [0.25, 0.3) is 0 Å². The third kappa shape index (κ3) is 9.23. The molecule has 2 unspecified atom stereocenters. The molecule has 4 rings (SSSR count). The minimum atomic E-state index is -1.63. The first-order chi connectivity index (χ1) is 22.9. The summed E-state index contributed by atoms with van der Waals surface area (Å²) in [5.41, 5.74) is -0.871. The van der Waals surface area contributed by atoms with Crippen LogP contribution in [0.1, 0.15) is 112 Å². The van der Waals surface area contributed by atoms with Gasteiger partial charge in [0.1, 0.15) is 23.3 Å². The van der Waals surface area contributed by atoms with Gasteiger partial charge in [0.15, 0.2) is 11.5 Å². The minimum Gasteiger partial charge on any atom is -0.458 e.